The molecule has 0 radical (unpaired) electrons. The number of pyridine rings is 1. The number of aromatic nitrogens is 3. The van der Waals surface area contributed by atoms with E-state index in [0.29, 0.717) is 0 Å². The molecule has 98 valence electrons. The molecule has 1 N–H and O–H groups in total. The van der Waals surface area contributed by atoms with Crippen LogP contribution in [-0.4, -0.2) is 47.2 Å². The minimum Gasteiger partial charge on any atom is -0.385 e. The average molecular weight is 266 g/mol. The third-order valence-electron chi connectivity index (χ3n) is 2.49. The summed E-state index contributed by atoms with van der Waals surface area (Å²) in [5.41, 5.74) is 0.896. The van der Waals surface area contributed by atoms with Gasteiger partial charge in [0, 0.05) is 32.2 Å². The van der Waals surface area contributed by atoms with Crippen LogP contribution in [0.1, 0.15) is 6.42 Å². The summed E-state index contributed by atoms with van der Waals surface area (Å²) in [7, 11) is 1.73. The molecule has 2 aromatic rings. The van der Waals surface area contributed by atoms with Crippen molar-refractivity contribution in [3.8, 4) is 0 Å². The van der Waals surface area contributed by atoms with Gasteiger partial charge in [-0.1, -0.05) is 17.8 Å². The van der Waals surface area contributed by atoms with E-state index < -0.39 is 0 Å². The van der Waals surface area contributed by atoms with Gasteiger partial charge < -0.3 is 10.1 Å². The Bertz CT molecular complexity index is 474. The Kier molecular flexibility index (Phi) is 5.44. The van der Waals surface area contributed by atoms with E-state index in [1.54, 1.807) is 18.9 Å². The highest BCUT2D eigenvalue weighted by molar-refractivity contribution is 7.99. The van der Waals surface area contributed by atoms with E-state index in [2.05, 4.69) is 15.5 Å². The van der Waals surface area contributed by atoms with Crippen LogP contribution in [0.15, 0.2) is 29.6 Å². The highest BCUT2D eigenvalue weighted by Crippen LogP contribution is 2.15. The van der Waals surface area contributed by atoms with Gasteiger partial charge >= 0.3 is 0 Å². The van der Waals surface area contributed by atoms with Crippen LogP contribution in [0.2, 0.25) is 0 Å². The summed E-state index contributed by atoms with van der Waals surface area (Å²) in [6.07, 6.45) is 3.04. The lowest BCUT2D eigenvalue weighted by atomic mass is 10.4. The van der Waals surface area contributed by atoms with Crippen molar-refractivity contribution in [2.24, 2.45) is 0 Å². The van der Waals surface area contributed by atoms with E-state index in [9.17, 15) is 0 Å². The lowest BCUT2D eigenvalue weighted by Gasteiger charge is -2.03. The summed E-state index contributed by atoms with van der Waals surface area (Å²) in [5, 5.41) is 12.6. The number of nitrogens with one attached hydrogen (secondary N) is 1. The molecule has 0 aromatic carbocycles. The van der Waals surface area contributed by atoms with Gasteiger partial charge in [-0.25, -0.2) is 0 Å². The van der Waals surface area contributed by atoms with Gasteiger partial charge in [-0.15, -0.1) is 10.2 Å². The van der Waals surface area contributed by atoms with Crippen molar-refractivity contribution in [3.05, 3.63) is 24.4 Å². The predicted octanol–water partition coefficient (Wildman–Crippen LogP) is 1.45. The molecule has 0 aliphatic carbocycles. The fraction of sp³-hybridized carbons (Fsp3) is 0.500. The number of ether oxygens (including phenoxy) is 1. The van der Waals surface area contributed by atoms with Gasteiger partial charge in [0.2, 0.25) is 0 Å². The summed E-state index contributed by atoms with van der Waals surface area (Å²) in [5.74, 6) is 0.989. The molecule has 0 saturated carbocycles. The van der Waals surface area contributed by atoms with E-state index in [4.69, 9.17) is 4.74 Å². The van der Waals surface area contributed by atoms with Crippen molar-refractivity contribution in [1.29, 1.82) is 0 Å². The first-order valence-electron chi connectivity index (χ1n) is 6.04. The summed E-state index contributed by atoms with van der Waals surface area (Å²) < 4.78 is 7.00. The Morgan fingerprint density at radius 2 is 2.28 bits per heavy atom. The molecule has 2 aromatic heterocycles. The number of hydrogen-bond acceptors (Lipinski definition) is 5. The van der Waals surface area contributed by atoms with Crippen molar-refractivity contribution in [2.75, 3.05) is 32.6 Å². The van der Waals surface area contributed by atoms with E-state index in [1.807, 2.05) is 28.8 Å². The summed E-state index contributed by atoms with van der Waals surface area (Å²) in [4.78, 5) is 0. The lowest BCUT2D eigenvalue weighted by molar-refractivity contribution is 0.194. The highest BCUT2D eigenvalue weighted by Gasteiger charge is 2.03. The van der Waals surface area contributed by atoms with Gasteiger partial charge in [0.05, 0.1) is 0 Å². The lowest BCUT2D eigenvalue weighted by Crippen LogP contribution is -2.19. The van der Waals surface area contributed by atoms with Crippen LogP contribution in [0.4, 0.5) is 0 Å². The van der Waals surface area contributed by atoms with Crippen molar-refractivity contribution >= 4 is 17.4 Å². The Labute approximate surface area is 111 Å². The molecule has 0 bridgehead atoms. The number of nitrogens with zero attached hydrogens (tertiary/aromatic N) is 3. The second-order valence-electron chi connectivity index (χ2n) is 3.86. The number of thioether (sulfide) groups is 1. The Morgan fingerprint density at radius 3 is 3.17 bits per heavy atom. The maximum absolute atomic E-state index is 4.99. The summed E-state index contributed by atoms with van der Waals surface area (Å²) >= 11 is 1.72. The number of rotatable bonds is 8. The van der Waals surface area contributed by atoms with Gasteiger partial charge in [-0.3, -0.25) is 4.40 Å². The fourth-order valence-corrected chi connectivity index (χ4v) is 2.42. The first-order valence-corrected chi connectivity index (χ1v) is 7.02. The molecule has 0 amide bonds. The maximum atomic E-state index is 4.99. The van der Waals surface area contributed by atoms with Crippen molar-refractivity contribution < 1.29 is 4.74 Å². The average Bonchev–Trinajstić information content (AvgIpc) is 2.81. The van der Waals surface area contributed by atoms with Crippen LogP contribution in [0.3, 0.4) is 0 Å². The molecule has 0 fully saturated rings. The van der Waals surface area contributed by atoms with Crippen LogP contribution in [-0.2, 0) is 4.74 Å². The van der Waals surface area contributed by atoms with Crippen molar-refractivity contribution in [2.45, 2.75) is 11.6 Å². The molecule has 2 rings (SSSR count). The smallest absolute Gasteiger partial charge is 0.195 e. The van der Waals surface area contributed by atoms with E-state index in [1.165, 1.54) is 0 Å². The molecule has 5 nitrogen and oxygen atoms in total. The topological polar surface area (TPSA) is 51.5 Å². The molecule has 0 aliphatic heterocycles. The molecule has 6 heteroatoms. The summed E-state index contributed by atoms with van der Waals surface area (Å²) in [6, 6.07) is 5.92. The minimum atomic E-state index is 0.814. The minimum absolute atomic E-state index is 0.814. The normalized spacial score (nSPS) is 11.2. The van der Waals surface area contributed by atoms with Crippen LogP contribution in [0.5, 0.6) is 0 Å². The zero-order valence-electron chi connectivity index (χ0n) is 10.5. The van der Waals surface area contributed by atoms with E-state index in [-0.39, 0.29) is 0 Å². The van der Waals surface area contributed by atoms with E-state index in [0.717, 1.165) is 42.7 Å². The third-order valence-corrected chi connectivity index (χ3v) is 3.44. The molecule has 0 unspecified atom stereocenters. The van der Waals surface area contributed by atoms with Gasteiger partial charge in [0.15, 0.2) is 10.8 Å². The molecule has 18 heavy (non-hydrogen) atoms. The first-order chi connectivity index (χ1) is 8.92. The monoisotopic (exact) mass is 266 g/mol. The molecular weight excluding hydrogens is 248 g/mol. The standard InChI is InChI=1S/C12H18N4OS/c1-17-9-4-6-13-7-10-18-12-15-14-11-5-2-3-8-16(11)12/h2-3,5,8,13H,4,6-7,9-10H2,1H3. The zero-order chi connectivity index (χ0) is 12.6. The van der Waals surface area contributed by atoms with Gasteiger partial charge in [-0.05, 0) is 25.1 Å². The molecule has 0 spiro atoms. The Hall–Kier alpha value is -1.11. The third kappa shape index (κ3) is 3.69. The van der Waals surface area contributed by atoms with Crippen LogP contribution < -0.4 is 5.32 Å². The van der Waals surface area contributed by atoms with Gasteiger partial charge in [-0.2, -0.15) is 0 Å². The zero-order valence-corrected chi connectivity index (χ0v) is 11.3. The molecule has 0 atom stereocenters. The predicted molar refractivity (Wildman–Crippen MR) is 73.1 cm³/mol. The van der Waals surface area contributed by atoms with E-state index >= 15 is 0 Å². The molecule has 2 heterocycles. The van der Waals surface area contributed by atoms with Crippen LogP contribution >= 0.6 is 11.8 Å². The second-order valence-corrected chi connectivity index (χ2v) is 4.92. The van der Waals surface area contributed by atoms with Gasteiger partial charge in [0.1, 0.15) is 0 Å². The SMILES string of the molecule is COCCCNCCSc1nnc2ccccn12. The molecule has 0 aliphatic rings. The number of methoxy groups -OCH3 is 1. The maximum Gasteiger partial charge on any atom is 0.195 e. The van der Waals surface area contributed by atoms with Crippen molar-refractivity contribution in [1.82, 2.24) is 19.9 Å². The Morgan fingerprint density at radius 1 is 1.33 bits per heavy atom. The number of hydrogen-bond donors (Lipinski definition) is 1. The molecular formula is C12H18N4OS. The highest BCUT2D eigenvalue weighted by atomic mass is 32.2. The largest absolute Gasteiger partial charge is 0.385 e. The fourth-order valence-electron chi connectivity index (χ4n) is 1.60. The quantitative estimate of drug-likeness (QED) is 0.579. The molecule has 0 saturated heterocycles. The van der Waals surface area contributed by atoms with Crippen LogP contribution in [0.25, 0.3) is 5.65 Å². The van der Waals surface area contributed by atoms with Gasteiger partial charge in [0.25, 0.3) is 0 Å². The van der Waals surface area contributed by atoms with Crippen LogP contribution in [0, 0.1) is 0 Å². The Balaban J connectivity index is 1.70. The van der Waals surface area contributed by atoms with Crippen molar-refractivity contribution in [3.63, 3.8) is 0 Å². The number of fused-ring (bicyclic) bond motifs is 1. The second kappa shape index (κ2) is 7.35. The summed E-state index contributed by atoms with van der Waals surface area (Å²) in [6.45, 7) is 2.78. The first kappa shape index (κ1) is 13.3.